The van der Waals surface area contributed by atoms with Crippen molar-refractivity contribution in [1.82, 2.24) is 10.2 Å². The summed E-state index contributed by atoms with van der Waals surface area (Å²) in [5, 5.41) is 11.4. The molecule has 4 nitrogen and oxygen atoms in total. The van der Waals surface area contributed by atoms with Crippen molar-refractivity contribution < 1.29 is 4.42 Å². The van der Waals surface area contributed by atoms with Gasteiger partial charge in [-0.2, -0.15) is 0 Å². The van der Waals surface area contributed by atoms with Gasteiger partial charge in [0.25, 0.3) is 0 Å². The van der Waals surface area contributed by atoms with Crippen molar-refractivity contribution in [2.75, 3.05) is 5.32 Å². The number of nitrogens with one attached hydrogen (secondary N) is 1. The Morgan fingerprint density at radius 3 is 2.95 bits per heavy atom. The molecule has 2 atom stereocenters. The van der Waals surface area contributed by atoms with E-state index in [0.29, 0.717) is 11.9 Å². The van der Waals surface area contributed by atoms with Crippen LogP contribution < -0.4 is 5.32 Å². The van der Waals surface area contributed by atoms with Crippen molar-refractivity contribution in [3.05, 3.63) is 30.2 Å². The Morgan fingerprint density at radius 2 is 2.25 bits per heavy atom. The lowest BCUT2D eigenvalue weighted by Crippen LogP contribution is -2.16. The highest BCUT2D eigenvalue weighted by molar-refractivity contribution is 5.64. The Bertz CT molecular complexity index is 565. The summed E-state index contributed by atoms with van der Waals surface area (Å²) in [6.45, 7) is 4.42. The van der Waals surface area contributed by atoms with Gasteiger partial charge >= 0.3 is 0 Å². The highest BCUT2D eigenvalue weighted by Gasteiger charge is 2.23. The van der Waals surface area contributed by atoms with Gasteiger partial charge in [0.05, 0.1) is 0 Å². The van der Waals surface area contributed by atoms with Crippen LogP contribution in [0, 0.1) is 12.8 Å². The predicted molar refractivity (Wildman–Crippen MR) is 79.5 cm³/mol. The first-order chi connectivity index (χ1) is 9.76. The van der Waals surface area contributed by atoms with Crippen LogP contribution in [0.4, 0.5) is 5.69 Å². The zero-order chi connectivity index (χ0) is 13.9. The van der Waals surface area contributed by atoms with Gasteiger partial charge in [0.15, 0.2) is 0 Å². The van der Waals surface area contributed by atoms with E-state index >= 15 is 0 Å². The lowest BCUT2D eigenvalue weighted by molar-refractivity contribution is 0.525. The second kappa shape index (κ2) is 5.65. The summed E-state index contributed by atoms with van der Waals surface area (Å²) in [5.41, 5.74) is 3.41. The molecule has 1 aliphatic rings. The zero-order valence-corrected chi connectivity index (χ0v) is 12.1. The molecule has 0 radical (unpaired) electrons. The molecular formula is C16H21N3O. The van der Waals surface area contributed by atoms with Crippen LogP contribution in [0.5, 0.6) is 0 Å². The number of aryl methyl sites for hydroxylation is 1. The van der Waals surface area contributed by atoms with Gasteiger partial charge in [0.1, 0.15) is 0 Å². The van der Waals surface area contributed by atoms with Crippen molar-refractivity contribution in [2.45, 2.75) is 45.6 Å². The largest absolute Gasteiger partial charge is 0.423 e. The van der Waals surface area contributed by atoms with Gasteiger partial charge in [0, 0.05) is 17.3 Å². The predicted octanol–water partition coefficient (Wildman–Crippen LogP) is 4.04. The fourth-order valence-corrected chi connectivity index (χ4v) is 3.01. The molecular weight excluding hydrogens is 250 g/mol. The first kappa shape index (κ1) is 13.2. The maximum atomic E-state index is 5.27. The minimum absolute atomic E-state index is 0.575. The van der Waals surface area contributed by atoms with Crippen LogP contribution in [0.3, 0.4) is 0 Å². The summed E-state index contributed by atoms with van der Waals surface area (Å²) in [6.07, 6.45) is 6.55. The lowest BCUT2D eigenvalue weighted by Gasteiger charge is -2.17. The first-order valence-electron chi connectivity index (χ1n) is 7.40. The number of hydrogen-bond donors (Lipinski definition) is 1. The van der Waals surface area contributed by atoms with Gasteiger partial charge in [-0.15, -0.1) is 10.2 Å². The van der Waals surface area contributed by atoms with E-state index in [4.69, 9.17) is 4.42 Å². The zero-order valence-electron chi connectivity index (χ0n) is 12.1. The van der Waals surface area contributed by atoms with Gasteiger partial charge < -0.3 is 9.73 Å². The topological polar surface area (TPSA) is 51.0 Å². The van der Waals surface area contributed by atoms with Crippen LogP contribution in [0.25, 0.3) is 11.5 Å². The first-order valence-corrected chi connectivity index (χ1v) is 7.40. The number of nitrogens with zero attached hydrogens (tertiary/aromatic N) is 2. The molecule has 0 amide bonds. The van der Waals surface area contributed by atoms with Crippen LogP contribution in [0.2, 0.25) is 0 Å². The molecule has 1 aromatic carbocycles. The van der Waals surface area contributed by atoms with E-state index in [1.165, 1.54) is 43.3 Å². The Morgan fingerprint density at radius 1 is 1.35 bits per heavy atom. The molecule has 0 bridgehead atoms. The Balaban J connectivity index is 1.77. The quantitative estimate of drug-likeness (QED) is 0.912. The molecule has 1 aromatic heterocycles. The summed E-state index contributed by atoms with van der Waals surface area (Å²) >= 11 is 0. The average Bonchev–Trinajstić information content (AvgIpc) is 3.12. The smallest absolute Gasteiger partial charge is 0.247 e. The molecule has 0 aliphatic heterocycles. The number of anilines is 1. The van der Waals surface area contributed by atoms with Crippen LogP contribution in [-0.2, 0) is 0 Å². The summed E-state index contributed by atoms with van der Waals surface area (Å²) in [7, 11) is 0. The van der Waals surface area contributed by atoms with Crippen LogP contribution in [0.15, 0.2) is 29.0 Å². The van der Waals surface area contributed by atoms with Crippen LogP contribution in [-0.4, -0.2) is 16.2 Å². The number of benzene rings is 1. The number of rotatable bonds is 4. The van der Waals surface area contributed by atoms with Crippen molar-refractivity contribution in [2.24, 2.45) is 5.92 Å². The fraction of sp³-hybridized carbons (Fsp3) is 0.500. The second-order valence-corrected chi connectivity index (χ2v) is 5.70. The average molecular weight is 271 g/mol. The van der Waals surface area contributed by atoms with E-state index in [1.54, 1.807) is 0 Å². The molecule has 1 saturated carbocycles. The van der Waals surface area contributed by atoms with E-state index in [-0.39, 0.29) is 0 Å². The highest BCUT2D eigenvalue weighted by atomic mass is 16.4. The normalized spacial score (nSPS) is 22.1. The van der Waals surface area contributed by atoms with Crippen LogP contribution in [0.1, 0.15) is 38.2 Å². The van der Waals surface area contributed by atoms with Crippen molar-refractivity contribution in [3.63, 3.8) is 0 Å². The molecule has 0 saturated heterocycles. The molecule has 1 heterocycles. The van der Waals surface area contributed by atoms with Crippen molar-refractivity contribution in [3.8, 4) is 11.5 Å². The summed E-state index contributed by atoms with van der Waals surface area (Å²) < 4.78 is 5.27. The summed E-state index contributed by atoms with van der Waals surface area (Å²) in [4.78, 5) is 0. The van der Waals surface area contributed by atoms with Gasteiger partial charge in [-0.05, 0) is 49.8 Å². The third kappa shape index (κ3) is 2.69. The maximum absolute atomic E-state index is 5.27. The van der Waals surface area contributed by atoms with E-state index in [2.05, 4.69) is 41.5 Å². The molecule has 0 spiro atoms. The van der Waals surface area contributed by atoms with Crippen LogP contribution >= 0.6 is 0 Å². The molecule has 106 valence electrons. The van der Waals surface area contributed by atoms with Gasteiger partial charge in [-0.1, -0.05) is 19.4 Å². The molecule has 4 heteroatoms. The number of aromatic nitrogens is 2. The summed E-state index contributed by atoms with van der Waals surface area (Å²) in [5.74, 6) is 1.46. The molecule has 2 aromatic rings. The Kier molecular flexibility index (Phi) is 3.72. The van der Waals surface area contributed by atoms with E-state index < -0.39 is 0 Å². The van der Waals surface area contributed by atoms with E-state index in [9.17, 15) is 0 Å². The van der Waals surface area contributed by atoms with Crippen molar-refractivity contribution in [1.29, 1.82) is 0 Å². The molecule has 1 aliphatic carbocycles. The van der Waals surface area contributed by atoms with E-state index in [0.717, 1.165) is 11.5 Å². The standard InChI is InChI=1S/C16H21N3O/c1-3-12-5-7-14(8-12)18-15-9-13(6-4-11(15)2)16-19-17-10-20-16/h4,6,9-10,12,14,18H,3,5,7-8H2,1-2H3. The minimum Gasteiger partial charge on any atom is -0.423 e. The minimum atomic E-state index is 0.575. The third-order valence-electron chi connectivity index (χ3n) is 4.32. The fourth-order valence-electron chi connectivity index (χ4n) is 3.01. The van der Waals surface area contributed by atoms with Gasteiger partial charge in [-0.25, -0.2) is 0 Å². The lowest BCUT2D eigenvalue weighted by atomic mass is 10.0. The Labute approximate surface area is 119 Å². The van der Waals surface area contributed by atoms with Crippen molar-refractivity contribution >= 4 is 5.69 Å². The molecule has 1 fully saturated rings. The highest BCUT2D eigenvalue weighted by Crippen LogP contribution is 2.32. The maximum Gasteiger partial charge on any atom is 0.247 e. The molecule has 3 rings (SSSR count). The second-order valence-electron chi connectivity index (χ2n) is 5.70. The van der Waals surface area contributed by atoms with E-state index in [1.807, 2.05) is 6.07 Å². The van der Waals surface area contributed by atoms with Gasteiger partial charge in [-0.3, -0.25) is 0 Å². The molecule has 1 N–H and O–H groups in total. The monoisotopic (exact) mass is 271 g/mol. The Hall–Kier alpha value is -1.84. The third-order valence-corrected chi connectivity index (χ3v) is 4.32. The SMILES string of the molecule is CCC1CCC(Nc2cc(-c3nnco3)ccc2C)C1. The summed E-state index contributed by atoms with van der Waals surface area (Å²) in [6, 6.07) is 6.84. The molecule has 20 heavy (non-hydrogen) atoms. The molecule has 2 unspecified atom stereocenters. The number of hydrogen-bond acceptors (Lipinski definition) is 4. The van der Waals surface area contributed by atoms with Gasteiger partial charge in [0.2, 0.25) is 12.3 Å².